The normalized spacial score (nSPS) is 16.6. The predicted octanol–water partition coefficient (Wildman–Crippen LogP) is 3.68. The summed E-state index contributed by atoms with van der Waals surface area (Å²) in [4.78, 5) is 3.77. The van der Waals surface area contributed by atoms with Crippen LogP contribution in [0, 0.1) is 18.3 Å². The van der Waals surface area contributed by atoms with E-state index >= 15 is 0 Å². The molecule has 0 spiro atoms. The standard InChI is InChI=1S/C16H16N2S/c1-12-4-2-3-5-14(12)15(10-17)18-8-6-16-13(11-18)7-9-19-16/h2-5,7,9,15H,6,8,11H2,1H3. The molecule has 0 saturated heterocycles. The summed E-state index contributed by atoms with van der Waals surface area (Å²) in [6, 6.07) is 12.8. The van der Waals surface area contributed by atoms with Crippen LogP contribution in [0.3, 0.4) is 0 Å². The van der Waals surface area contributed by atoms with Crippen LogP contribution >= 0.6 is 11.3 Å². The summed E-state index contributed by atoms with van der Waals surface area (Å²) < 4.78 is 0. The Hall–Kier alpha value is -1.63. The Morgan fingerprint density at radius 2 is 2.16 bits per heavy atom. The number of aryl methyl sites for hydroxylation is 1. The van der Waals surface area contributed by atoms with E-state index in [1.807, 2.05) is 23.5 Å². The number of hydrogen-bond acceptors (Lipinski definition) is 3. The van der Waals surface area contributed by atoms with E-state index in [1.165, 1.54) is 16.0 Å². The molecule has 0 aliphatic carbocycles. The fourth-order valence-electron chi connectivity index (χ4n) is 2.73. The molecule has 3 heteroatoms. The van der Waals surface area contributed by atoms with E-state index in [2.05, 4.69) is 41.5 Å². The van der Waals surface area contributed by atoms with Crippen molar-refractivity contribution < 1.29 is 0 Å². The smallest absolute Gasteiger partial charge is 0.124 e. The summed E-state index contributed by atoms with van der Waals surface area (Å²) in [6.07, 6.45) is 1.07. The highest BCUT2D eigenvalue weighted by molar-refractivity contribution is 7.10. The van der Waals surface area contributed by atoms with Crippen molar-refractivity contribution in [3.63, 3.8) is 0 Å². The van der Waals surface area contributed by atoms with Crippen molar-refractivity contribution in [1.82, 2.24) is 4.90 Å². The number of nitrogens with zero attached hydrogens (tertiary/aromatic N) is 2. The molecule has 0 radical (unpaired) electrons. The van der Waals surface area contributed by atoms with Crippen molar-refractivity contribution in [2.24, 2.45) is 0 Å². The van der Waals surface area contributed by atoms with Gasteiger partial charge >= 0.3 is 0 Å². The van der Waals surface area contributed by atoms with Crippen molar-refractivity contribution in [3.8, 4) is 6.07 Å². The third kappa shape index (κ3) is 2.30. The molecule has 1 unspecified atom stereocenters. The molecule has 0 amide bonds. The van der Waals surface area contributed by atoms with Gasteiger partial charge in [-0.15, -0.1) is 11.3 Å². The van der Waals surface area contributed by atoms with Crippen LogP contribution < -0.4 is 0 Å². The number of rotatable bonds is 2. The molecule has 1 aliphatic rings. The van der Waals surface area contributed by atoms with Crippen LogP contribution in [0.2, 0.25) is 0 Å². The van der Waals surface area contributed by atoms with Crippen molar-refractivity contribution in [2.75, 3.05) is 6.54 Å². The molecule has 19 heavy (non-hydrogen) atoms. The summed E-state index contributed by atoms with van der Waals surface area (Å²) >= 11 is 1.84. The monoisotopic (exact) mass is 268 g/mol. The van der Waals surface area contributed by atoms with Gasteiger partial charge in [-0.05, 0) is 41.5 Å². The summed E-state index contributed by atoms with van der Waals surface area (Å²) in [6.45, 7) is 3.95. The lowest BCUT2D eigenvalue weighted by atomic mass is 9.98. The first-order chi connectivity index (χ1) is 9.29. The molecule has 1 aromatic carbocycles. The van der Waals surface area contributed by atoms with Gasteiger partial charge in [0.25, 0.3) is 0 Å². The number of thiophene rings is 1. The van der Waals surface area contributed by atoms with Gasteiger partial charge in [0.1, 0.15) is 6.04 Å². The predicted molar refractivity (Wildman–Crippen MR) is 78.0 cm³/mol. The molecule has 2 heterocycles. The molecule has 2 aromatic rings. The second-order valence-electron chi connectivity index (χ2n) is 4.98. The summed E-state index contributed by atoms with van der Waals surface area (Å²) in [7, 11) is 0. The Bertz CT molecular complexity index is 624. The van der Waals surface area contributed by atoms with Gasteiger partial charge < -0.3 is 0 Å². The van der Waals surface area contributed by atoms with E-state index in [-0.39, 0.29) is 6.04 Å². The van der Waals surface area contributed by atoms with E-state index in [1.54, 1.807) is 0 Å². The Morgan fingerprint density at radius 3 is 2.95 bits per heavy atom. The second kappa shape index (κ2) is 5.16. The zero-order valence-corrected chi connectivity index (χ0v) is 11.8. The van der Waals surface area contributed by atoms with Crippen molar-refractivity contribution in [1.29, 1.82) is 5.26 Å². The van der Waals surface area contributed by atoms with Gasteiger partial charge in [-0.3, -0.25) is 4.90 Å². The van der Waals surface area contributed by atoms with Gasteiger partial charge in [-0.2, -0.15) is 5.26 Å². The number of hydrogen-bond donors (Lipinski definition) is 0. The molecule has 2 nitrogen and oxygen atoms in total. The average Bonchev–Trinajstić information content (AvgIpc) is 2.89. The lowest BCUT2D eigenvalue weighted by Crippen LogP contribution is -2.33. The molecule has 0 fully saturated rings. The van der Waals surface area contributed by atoms with Crippen LogP contribution in [0.15, 0.2) is 35.7 Å². The van der Waals surface area contributed by atoms with Crippen molar-refractivity contribution in [3.05, 3.63) is 57.3 Å². The molecular weight excluding hydrogens is 252 g/mol. The van der Waals surface area contributed by atoms with Gasteiger partial charge in [0, 0.05) is 18.0 Å². The van der Waals surface area contributed by atoms with Crippen LogP contribution in [0.25, 0.3) is 0 Å². The fourth-order valence-corrected chi connectivity index (χ4v) is 3.62. The minimum absolute atomic E-state index is 0.130. The Morgan fingerprint density at radius 1 is 1.32 bits per heavy atom. The van der Waals surface area contributed by atoms with E-state index < -0.39 is 0 Å². The van der Waals surface area contributed by atoms with Crippen LogP contribution in [0.4, 0.5) is 0 Å². The largest absolute Gasteiger partial charge is 0.280 e. The fraction of sp³-hybridized carbons (Fsp3) is 0.312. The first-order valence-electron chi connectivity index (χ1n) is 6.54. The minimum Gasteiger partial charge on any atom is -0.280 e. The van der Waals surface area contributed by atoms with E-state index in [0.717, 1.165) is 25.1 Å². The molecule has 0 bridgehead atoms. The highest BCUT2D eigenvalue weighted by atomic mass is 32.1. The SMILES string of the molecule is Cc1ccccc1C(C#N)N1CCc2sccc2C1. The number of benzene rings is 1. The first-order valence-corrected chi connectivity index (χ1v) is 7.42. The Labute approximate surface area is 117 Å². The number of nitriles is 1. The van der Waals surface area contributed by atoms with E-state index in [4.69, 9.17) is 0 Å². The maximum absolute atomic E-state index is 9.57. The topological polar surface area (TPSA) is 27.0 Å². The van der Waals surface area contributed by atoms with E-state index in [9.17, 15) is 5.26 Å². The molecule has 0 saturated carbocycles. The zero-order valence-electron chi connectivity index (χ0n) is 11.0. The second-order valence-corrected chi connectivity index (χ2v) is 5.98. The molecule has 1 aliphatic heterocycles. The lowest BCUT2D eigenvalue weighted by Gasteiger charge is -2.31. The quantitative estimate of drug-likeness (QED) is 0.830. The average molecular weight is 268 g/mol. The molecule has 0 N–H and O–H groups in total. The maximum atomic E-state index is 9.57. The Balaban J connectivity index is 1.89. The van der Waals surface area contributed by atoms with Crippen molar-refractivity contribution in [2.45, 2.75) is 25.9 Å². The van der Waals surface area contributed by atoms with Gasteiger partial charge in [0.2, 0.25) is 0 Å². The highest BCUT2D eigenvalue weighted by Gasteiger charge is 2.25. The molecule has 3 rings (SSSR count). The van der Waals surface area contributed by atoms with Crippen molar-refractivity contribution >= 4 is 11.3 Å². The minimum atomic E-state index is -0.130. The lowest BCUT2D eigenvalue weighted by molar-refractivity contribution is 0.218. The van der Waals surface area contributed by atoms with Gasteiger partial charge in [-0.25, -0.2) is 0 Å². The summed E-state index contributed by atoms with van der Waals surface area (Å²) in [5.74, 6) is 0. The van der Waals surface area contributed by atoms with Gasteiger partial charge in [-0.1, -0.05) is 24.3 Å². The first kappa shape index (κ1) is 12.4. The number of fused-ring (bicyclic) bond motifs is 1. The van der Waals surface area contributed by atoms with Crippen LogP contribution in [0.5, 0.6) is 0 Å². The molecule has 1 atom stereocenters. The summed E-state index contributed by atoms with van der Waals surface area (Å²) in [5.41, 5.74) is 3.74. The molecule has 1 aromatic heterocycles. The van der Waals surface area contributed by atoms with Crippen LogP contribution in [0.1, 0.15) is 27.6 Å². The van der Waals surface area contributed by atoms with E-state index in [0.29, 0.717) is 0 Å². The Kier molecular flexibility index (Phi) is 3.37. The van der Waals surface area contributed by atoms with Gasteiger partial charge in [0.05, 0.1) is 6.07 Å². The summed E-state index contributed by atoms with van der Waals surface area (Å²) in [5, 5.41) is 11.7. The highest BCUT2D eigenvalue weighted by Crippen LogP contribution is 2.31. The zero-order chi connectivity index (χ0) is 13.2. The van der Waals surface area contributed by atoms with Crippen LogP contribution in [-0.2, 0) is 13.0 Å². The maximum Gasteiger partial charge on any atom is 0.124 e. The third-order valence-electron chi connectivity index (χ3n) is 3.81. The van der Waals surface area contributed by atoms with Crippen LogP contribution in [-0.4, -0.2) is 11.4 Å². The van der Waals surface area contributed by atoms with Gasteiger partial charge in [0.15, 0.2) is 0 Å². The third-order valence-corrected chi connectivity index (χ3v) is 4.83. The molecule has 96 valence electrons. The molecular formula is C16H16N2S.